The molecule has 0 radical (unpaired) electrons. The number of carbonyl (C=O) groups is 3. The topological polar surface area (TPSA) is 104 Å². The highest BCUT2D eigenvalue weighted by Crippen LogP contribution is 2.30. The maximum absolute atomic E-state index is 13.0. The average Bonchev–Trinajstić information content (AvgIpc) is 2.98. The van der Waals surface area contributed by atoms with Crippen LogP contribution < -0.4 is 5.32 Å². The second kappa shape index (κ2) is 9.70. The second-order valence-electron chi connectivity index (χ2n) is 7.42. The minimum Gasteiger partial charge on any atom is -0.357 e. The number of nitrogens with one attached hydrogen (secondary N) is 1. The fraction of sp³-hybridized carbons (Fsp3) is 0.318. The van der Waals surface area contributed by atoms with Crippen molar-refractivity contribution < 1.29 is 22.8 Å². The van der Waals surface area contributed by atoms with Gasteiger partial charge in [0.1, 0.15) is 10.9 Å². The number of hydrogen-bond acceptors (Lipinski definition) is 5. The number of nitrogens with zero attached hydrogens (tertiary/aromatic N) is 2. The molecule has 0 saturated heterocycles. The van der Waals surface area contributed by atoms with E-state index in [0.717, 1.165) is 9.87 Å². The summed E-state index contributed by atoms with van der Waals surface area (Å²) in [4.78, 5) is 39.1. The summed E-state index contributed by atoms with van der Waals surface area (Å²) in [7, 11) is -2.43. The van der Waals surface area contributed by atoms with Crippen LogP contribution in [0, 0.1) is 0 Å². The van der Waals surface area contributed by atoms with E-state index in [1.165, 1.54) is 24.1 Å². The molecule has 0 saturated carbocycles. The highest BCUT2D eigenvalue weighted by atomic mass is 35.5. The molecular formula is C22H24ClN3O5S. The maximum atomic E-state index is 13.0. The Balaban J connectivity index is 1.69. The van der Waals surface area contributed by atoms with Gasteiger partial charge in [-0.05, 0) is 43.2 Å². The van der Waals surface area contributed by atoms with Crippen molar-refractivity contribution in [3.63, 3.8) is 0 Å². The third-order valence-electron chi connectivity index (χ3n) is 5.34. The van der Waals surface area contributed by atoms with Gasteiger partial charge >= 0.3 is 0 Å². The normalized spacial score (nSPS) is 15.2. The molecule has 2 aromatic rings. The van der Waals surface area contributed by atoms with Crippen molar-refractivity contribution in [3.8, 4) is 0 Å². The Kier molecular flexibility index (Phi) is 7.20. The molecule has 170 valence electrons. The minimum atomic E-state index is -3.92. The molecule has 1 atom stereocenters. The van der Waals surface area contributed by atoms with Gasteiger partial charge < -0.3 is 10.2 Å². The molecule has 1 heterocycles. The summed E-state index contributed by atoms with van der Waals surface area (Å²) in [5.41, 5.74) is 0.933. The van der Waals surface area contributed by atoms with Gasteiger partial charge in [-0.1, -0.05) is 35.9 Å². The summed E-state index contributed by atoms with van der Waals surface area (Å²) in [6.07, 6.45) is 0.111. The second-order valence-corrected chi connectivity index (χ2v) is 9.69. The Bertz CT molecular complexity index is 1130. The first-order valence-corrected chi connectivity index (χ1v) is 11.9. The van der Waals surface area contributed by atoms with E-state index in [1.54, 1.807) is 43.3 Å². The van der Waals surface area contributed by atoms with Crippen LogP contribution in [0.25, 0.3) is 0 Å². The van der Waals surface area contributed by atoms with Gasteiger partial charge in [-0.2, -0.15) is 0 Å². The van der Waals surface area contributed by atoms with E-state index < -0.39 is 22.0 Å². The Morgan fingerprint density at radius 1 is 1.12 bits per heavy atom. The molecule has 8 nitrogen and oxygen atoms in total. The molecule has 3 amide bonds. The van der Waals surface area contributed by atoms with Gasteiger partial charge in [0.25, 0.3) is 15.9 Å². The molecule has 0 fully saturated rings. The van der Waals surface area contributed by atoms with E-state index in [9.17, 15) is 22.8 Å². The molecule has 3 rings (SSSR count). The molecule has 1 aliphatic rings. The van der Waals surface area contributed by atoms with Crippen molar-refractivity contribution in [3.05, 3.63) is 64.7 Å². The fourth-order valence-electron chi connectivity index (χ4n) is 3.55. The number of amides is 3. The Morgan fingerprint density at radius 3 is 2.41 bits per heavy atom. The van der Waals surface area contributed by atoms with Crippen LogP contribution >= 0.6 is 11.6 Å². The van der Waals surface area contributed by atoms with E-state index in [-0.39, 0.29) is 48.2 Å². The van der Waals surface area contributed by atoms with Gasteiger partial charge in [-0.3, -0.25) is 14.4 Å². The molecule has 0 bridgehead atoms. The Labute approximate surface area is 192 Å². The highest BCUT2D eigenvalue weighted by molar-refractivity contribution is 7.90. The lowest BCUT2D eigenvalue weighted by atomic mass is 10.1. The van der Waals surface area contributed by atoms with Crippen LogP contribution in [0.3, 0.4) is 0 Å². The first kappa shape index (κ1) is 23.7. The number of fused-ring (bicyclic) bond motifs is 1. The zero-order valence-electron chi connectivity index (χ0n) is 17.7. The molecule has 0 unspecified atom stereocenters. The quantitative estimate of drug-likeness (QED) is 0.628. The molecule has 0 aliphatic carbocycles. The SMILES string of the molecule is CNC(=O)[C@@H](C)N(Cc1ccc(Cl)cc1)C(=O)CCCN1C(=O)c2ccccc2S1(=O)=O. The van der Waals surface area contributed by atoms with Crippen LogP contribution in [0.2, 0.25) is 5.02 Å². The molecule has 0 aromatic heterocycles. The Hall–Kier alpha value is -2.91. The van der Waals surface area contributed by atoms with Gasteiger partial charge in [-0.25, -0.2) is 12.7 Å². The number of benzene rings is 2. The number of halogens is 1. The molecule has 10 heteroatoms. The van der Waals surface area contributed by atoms with E-state index in [4.69, 9.17) is 11.6 Å². The minimum absolute atomic E-state index is 0.0195. The Morgan fingerprint density at radius 2 is 1.78 bits per heavy atom. The fourth-order valence-corrected chi connectivity index (χ4v) is 5.28. The smallest absolute Gasteiger partial charge is 0.269 e. The summed E-state index contributed by atoms with van der Waals surface area (Å²) < 4.78 is 26.1. The molecular weight excluding hydrogens is 454 g/mol. The van der Waals surface area contributed by atoms with Crippen LogP contribution in [0.4, 0.5) is 0 Å². The highest BCUT2D eigenvalue weighted by Gasteiger charge is 2.40. The lowest BCUT2D eigenvalue weighted by Gasteiger charge is -2.28. The molecule has 0 spiro atoms. The summed E-state index contributed by atoms with van der Waals surface area (Å²) in [6.45, 7) is 1.69. The van der Waals surface area contributed by atoms with Gasteiger partial charge in [0, 0.05) is 31.6 Å². The summed E-state index contributed by atoms with van der Waals surface area (Å²) in [5.74, 6) is -1.23. The van der Waals surface area contributed by atoms with E-state index in [0.29, 0.717) is 5.02 Å². The van der Waals surface area contributed by atoms with Crippen molar-refractivity contribution in [1.82, 2.24) is 14.5 Å². The zero-order chi connectivity index (χ0) is 23.5. The predicted molar refractivity (Wildman–Crippen MR) is 119 cm³/mol. The van der Waals surface area contributed by atoms with Crippen LogP contribution in [0.15, 0.2) is 53.4 Å². The van der Waals surface area contributed by atoms with Crippen molar-refractivity contribution in [1.29, 1.82) is 0 Å². The van der Waals surface area contributed by atoms with Crippen LogP contribution in [-0.4, -0.2) is 55.0 Å². The summed E-state index contributed by atoms with van der Waals surface area (Å²) in [5, 5.41) is 3.10. The lowest BCUT2D eigenvalue weighted by molar-refractivity contribution is -0.140. The molecule has 1 N–H and O–H groups in total. The molecule has 2 aromatic carbocycles. The van der Waals surface area contributed by atoms with Gasteiger partial charge in [0.15, 0.2) is 0 Å². The van der Waals surface area contributed by atoms with E-state index >= 15 is 0 Å². The lowest BCUT2D eigenvalue weighted by Crippen LogP contribution is -2.46. The van der Waals surface area contributed by atoms with Crippen LogP contribution in [0.1, 0.15) is 35.7 Å². The van der Waals surface area contributed by atoms with Crippen LogP contribution in [-0.2, 0) is 26.2 Å². The number of carbonyl (C=O) groups excluding carboxylic acids is 3. The van der Waals surface area contributed by atoms with Crippen molar-refractivity contribution >= 4 is 39.3 Å². The maximum Gasteiger partial charge on any atom is 0.269 e. The van der Waals surface area contributed by atoms with Crippen molar-refractivity contribution in [2.45, 2.75) is 37.2 Å². The van der Waals surface area contributed by atoms with Crippen molar-refractivity contribution in [2.24, 2.45) is 0 Å². The largest absolute Gasteiger partial charge is 0.357 e. The predicted octanol–water partition coefficient (Wildman–Crippen LogP) is 2.43. The molecule has 32 heavy (non-hydrogen) atoms. The number of sulfonamides is 1. The summed E-state index contributed by atoms with van der Waals surface area (Å²) >= 11 is 5.92. The monoisotopic (exact) mass is 477 g/mol. The van der Waals surface area contributed by atoms with Crippen LogP contribution in [0.5, 0.6) is 0 Å². The number of rotatable bonds is 8. The molecule has 1 aliphatic heterocycles. The van der Waals surface area contributed by atoms with E-state index in [1.807, 2.05) is 0 Å². The average molecular weight is 478 g/mol. The van der Waals surface area contributed by atoms with Gasteiger partial charge in [-0.15, -0.1) is 0 Å². The third kappa shape index (κ3) is 4.78. The number of hydrogen-bond donors (Lipinski definition) is 1. The summed E-state index contributed by atoms with van der Waals surface area (Å²) in [6, 6.07) is 12.2. The van der Waals surface area contributed by atoms with Gasteiger partial charge in [0.05, 0.1) is 5.56 Å². The standard InChI is InChI=1S/C22H24ClN3O5S/c1-15(21(28)24-2)25(14-16-9-11-17(23)12-10-16)20(27)8-5-13-26-22(29)18-6-3-4-7-19(18)32(26,30)31/h3-4,6-7,9-12,15H,5,8,13-14H2,1-2H3,(H,24,28)/t15-/m1/s1. The van der Waals surface area contributed by atoms with Crippen molar-refractivity contribution in [2.75, 3.05) is 13.6 Å². The first-order chi connectivity index (χ1) is 15.2. The first-order valence-electron chi connectivity index (χ1n) is 10.1. The van der Waals surface area contributed by atoms with Gasteiger partial charge in [0.2, 0.25) is 11.8 Å². The number of likely N-dealkylation sites (N-methyl/N-ethyl adjacent to an activating group) is 1. The zero-order valence-corrected chi connectivity index (χ0v) is 19.3. The van der Waals surface area contributed by atoms with E-state index in [2.05, 4.69) is 5.32 Å². The third-order valence-corrected chi connectivity index (χ3v) is 7.44.